The highest BCUT2D eigenvalue weighted by Crippen LogP contribution is 2.23. The highest BCUT2D eigenvalue weighted by Gasteiger charge is 2.24. The molecule has 5 nitrogen and oxygen atoms in total. The number of carbonyl (C=O) groups excluding carboxylic acids is 1. The number of hydrogen-bond acceptors (Lipinski definition) is 2. The number of aromatic nitrogens is 3. The number of aryl methyl sites for hydroxylation is 2. The zero-order valence-electron chi connectivity index (χ0n) is 15.2. The second kappa shape index (κ2) is 6.97. The first kappa shape index (κ1) is 17.0. The average Bonchev–Trinajstić information content (AvgIpc) is 3.22. The second-order valence-corrected chi connectivity index (χ2v) is 6.40. The molecule has 0 aliphatic heterocycles. The van der Waals surface area contributed by atoms with Crippen molar-refractivity contribution in [3.8, 4) is 11.5 Å². The van der Waals surface area contributed by atoms with E-state index < -0.39 is 0 Å². The van der Waals surface area contributed by atoms with E-state index in [2.05, 4.69) is 24.3 Å². The molecule has 0 spiro atoms. The summed E-state index contributed by atoms with van der Waals surface area (Å²) in [6.45, 7) is 7.99. The molecule has 1 unspecified atom stereocenters. The first-order chi connectivity index (χ1) is 12.0. The summed E-state index contributed by atoms with van der Waals surface area (Å²) in [4.78, 5) is 12.9. The van der Waals surface area contributed by atoms with Gasteiger partial charge in [0, 0.05) is 18.4 Å². The molecule has 2 heterocycles. The highest BCUT2D eigenvalue weighted by molar-refractivity contribution is 5.98. The Morgan fingerprint density at radius 2 is 1.80 bits per heavy atom. The molecule has 0 saturated carbocycles. The van der Waals surface area contributed by atoms with Gasteiger partial charge in [-0.3, -0.25) is 4.79 Å². The molecular weight excluding hydrogens is 312 g/mol. The summed E-state index contributed by atoms with van der Waals surface area (Å²) >= 11 is 0. The highest BCUT2D eigenvalue weighted by atomic mass is 16.1. The Bertz CT molecular complexity index is 860. The molecule has 0 fully saturated rings. The van der Waals surface area contributed by atoms with Crippen LogP contribution in [-0.4, -0.2) is 26.3 Å². The van der Waals surface area contributed by atoms with Crippen LogP contribution in [0.25, 0.3) is 11.5 Å². The number of nitrogens with one attached hydrogen (secondary N) is 1. The quantitative estimate of drug-likeness (QED) is 0.770. The summed E-state index contributed by atoms with van der Waals surface area (Å²) < 4.78 is 3.77. The lowest BCUT2D eigenvalue weighted by Crippen LogP contribution is -2.32. The third-order valence-electron chi connectivity index (χ3n) is 4.38. The lowest BCUT2D eigenvalue weighted by atomic mass is 10.2. The third kappa shape index (κ3) is 3.36. The Balaban J connectivity index is 2.15. The third-order valence-corrected chi connectivity index (χ3v) is 4.38. The van der Waals surface area contributed by atoms with Crippen LogP contribution in [0, 0.1) is 13.8 Å². The summed E-state index contributed by atoms with van der Waals surface area (Å²) in [7, 11) is 0. The number of carbonyl (C=O) groups is 1. The van der Waals surface area contributed by atoms with Gasteiger partial charge < -0.3 is 9.88 Å². The van der Waals surface area contributed by atoms with Crippen LogP contribution in [0.3, 0.4) is 0 Å². The number of amides is 1. The molecule has 1 N–H and O–H groups in total. The Morgan fingerprint density at radius 3 is 2.40 bits per heavy atom. The molecule has 0 aliphatic carbocycles. The van der Waals surface area contributed by atoms with Crippen LogP contribution >= 0.6 is 0 Å². The largest absolute Gasteiger partial charge is 0.349 e. The number of nitrogens with zero attached hydrogens (tertiary/aromatic N) is 3. The van der Waals surface area contributed by atoms with Crippen molar-refractivity contribution >= 4 is 5.91 Å². The number of rotatable bonds is 5. The van der Waals surface area contributed by atoms with Gasteiger partial charge in [-0.05, 0) is 51.5 Å². The summed E-state index contributed by atoms with van der Waals surface area (Å²) in [5.74, 6) is 0.668. The van der Waals surface area contributed by atoms with Gasteiger partial charge in [0.2, 0.25) is 0 Å². The zero-order chi connectivity index (χ0) is 18.0. The molecule has 1 amide bonds. The topological polar surface area (TPSA) is 51.9 Å². The van der Waals surface area contributed by atoms with Crippen LogP contribution in [0.1, 0.15) is 41.9 Å². The van der Waals surface area contributed by atoms with Crippen LogP contribution in [0.4, 0.5) is 0 Å². The first-order valence-corrected chi connectivity index (χ1v) is 8.62. The van der Waals surface area contributed by atoms with Crippen molar-refractivity contribution in [3.05, 3.63) is 65.6 Å². The van der Waals surface area contributed by atoms with Gasteiger partial charge in [-0.25, -0.2) is 4.68 Å². The van der Waals surface area contributed by atoms with Gasteiger partial charge in [0.1, 0.15) is 5.56 Å². The van der Waals surface area contributed by atoms with Crippen LogP contribution in [0.15, 0.2) is 48.8 Å². The Morgan fingerprint density at radius 1 is 1.16 bits per heavy atom. The normalized spacial score (nSPS) is 12.2. The molecule has 0 saturated heterocycles. The maximum Gasteiger partial charge on any atom is 0.257 e. The van der Waals surface area contributed by atoms with Crippen LogP contribution in [0.2, 0.25) is 0 Å². The molecule has 0 aliphatic rings. The van der Waals surface area contributed by atoms with Crippen molar-refractivity contribution in [3.63, 3.8) is 0 Å². The minimum Gasteiger partial charge on any atom is -0.349 e. The van der Waals surface area contributed by atoms with E-state index >= 15 is 0 Å². The lowest BCUT2D eigenvalue weighted by Gasteiger charge is -2.14. The minimum atomic E-state index is -0.0890. The molecule has 5 heteroatoms. The predicted molar refractivity (Wildman–Crippen MR) is 99.6 cm³/mol. The van der Waals surface area contributed by atoms with Gasteiger partial charge in [0.15, 0.2) is 5.82 Å². The fraction of sp³-hybridized carbons (Fsp3) is 0.300. The van der Waals surface area contributed by atoms with E-state index in [0.29, 0.717) is 11.3 Å². The minimum absolute atomic E-state index is 0.0890. The maximum atomic E-state index is 12.9. The number of benzene rings is 1. The maximum absolute atomic E-state index is 12.9. The Hall–Kier alpha value is -2.82. The van der Waals surface area contributed by atoms with E-state index in [9.17, 15) is 4.79 Å². The predicted octanol–water partition coefficient (Wildman–Crippen LogP) is 3.81. The van der Waals surface area contributed by atoms with Gasteiger partial charge in [-0.1, -0.05) is 24.6 Å². The molecule has 1 atom stereocenters. The van der Waals surface area contributed by atoms with Crippen LogP contribution in [0.5, 0.6) is 0 Å². The first-order valence-electron chi connectivity index (χ1n) is 8.62. The molecular formula is C20H24N4O. The van der Waals surface area contributed by atoms with Gasteiger partial charge in [-0.2, -0.15) is 5.10 Å². The van der Waals surface area contributed by atoms with Crippen molar-refractivity contribution in [1.82, 2.24) is 19.7 Å². The monoisotopic (exact) mass is 336 g/mol. The number of hydrogen-bond donors (Lipinski definition) is 1. The molecule has 0 radical (unpaired) electrons. The van der Waals surface area contributed by atoms with E-state index in [4.69, 9.17) is 0 Å². The Labute approximate surface area is 148 Å². The summed E-state index contributed by atoms with van der Waals surface area (Å²) in [6.07, 6.45) is 4.75. The van der Waals surface area contributed by atoms with Gasteiger partial charge in [-0.15, -0.1) is 0 Å². The zero-order valence-corrected chi connectivity index (χ0v) is 15.2. The van der Waals surface area contributed by atoms with Gasteiger partial charge in [0.25, 0.3) is 5.91 Å². The van der Waals surface area contributed by atoms with Crippen molar-refractivity contribution in [1.29, 1.82) is 0 Å². The van der Waals surface area contributed by atoms with E-state index in [-0.39, 0.29) is 11.9 Å². The molecule has 3 aromatic rings. The SMILES string of the molecule is CCC(C)NC(=O)c1c(C)nn(-c2ccc(C)cc2)c1-n1cccc1. The van der Waals surface area contributed by atoms with Crippen molar-refractivity contribution in [2.75, 3.05) is 0 Å². The van der Waals surface area contributed by atoms with Crippen molar-refractivity contribution in [2.45, 2.75) is 40.2 Å². The van der Waals surface area contributed by atoms with E-state index in [1.54, 1.807) is 0 Å². The summed E-state index contributed by atoms with van der Waals surface area (Å²) in [6, 6.07) is 12.1. The fourth-order valence-electron chi connectivity index (χ4n) is 2.76. The molecule has 1 aromatic carbocycles. The second-order valence-electron chi connectivity index (χ2n) is 6.40. The molecule has 3 rings (SSSR count). The van der Waals surface area contributed by atoms with Crippen LogP contribution in [-0.2, 0) is 0 Å². The van der Waals surface area contributed by atoms with Gasteiger partial charge in [0.05, 0.1) is 11.4 Å². The van der Waals surface area contributed by atoms with Crippen LogP contribution < -0.4 is 5.32 Å². The Kier molecular flexibility index (Phi) is 4.74. The smallest absolute Gasteiger partial charge is 0.257 e. The van der Waals surface area contributed by atoms with Crippen molar-refractivity contribution in [2.24, 2.45) is 0 Å². The molecule has 25 heavy (non-hydrogen) atoms. The van der Waals surface area contributed by atoms with E-state index in [1.807, 2.05) is 71.9 Å². The van der Waals surface area contributed by atoms with Crippen molar-refractivity contribution < 1.29 is 4.79 Å². The standard InChI is InChI=1S/C20H24N4O/c1-5-15(3)21-19(25)18-16(4)22-24(17-10-8-14(2)9-11-17)20(18)23-12-6-7-13-23/h6-13,15H,5H2,1-4H3,(H,21,25). The lowest BCUT2D eigenvalue weighted by molar-refractivity contribution is 0.0938. The summed E-state index contributed by atoms with van der Waals surface area (Å²) in [5.41, 5.74) is 3.44. The molecule has 130 valence electrons. The van der Waals surface area contributed by atoms with E-state index in [1.165, 1.54) is 5.56 Å². The fourth-order valence-corrected chi connectivity index (χ4v) is 2.76. The summed E-state index contributed by atoms with van der Waals surface area (Å²) in [5, 5.41) is 7.71. The van der Waals surface area contributed by atoms with Gasteiger partial charge >= 0.3 is 0 Å². The van der Waals surface area contributed by atoms with E-state index in [0.717, 1.165) is 17.9 Å². The molecule has 0 bridgehead atoms. The molecule has 2 aromatic heterocycles. The average molecular weight is 336 g/mol.